The Bertz CT molecular complexity index is 1290. The largest absolute Gasteiger partial charge is 0.468 e. The van der Waals surface area contributed by atoms with Crippen LogP contribution < -0.4 is 0 Å². The van der Waals surface area contributed by atoms with Crippen molar-refractivity contribution in [2.45, 2.75) is 18.4 Å². The number of pyridine rings is 1. The minimum absolute atomic E-state index is 0.00526. The number of nitrogens with zero attached hydrogens (tertiary/aromatic N) is 2. The van der Waals surface area contributed by atoms with E-state index in [0.29, 0.717) is 5.69 Å². The number of carbonyl (C=O) groups is 2. The highest BCUT2D eigenvalue weighted by Crippen LogP contribution is 2.25. The number of hydrogen-bond acceptors (Lipinski definition) is 7. The first kappa shape index (κ1) is 25.5. The van der Waals surface area contributed by atoms with Gasteiger partial charge in [-0.3, -0.25) is 9.78 Å². The van der Waals surface area contributed by atoms with Crippen LogP contribution in [0.2, 0.25) is 0 Å². The van der Waals surface area contributed by atoms with Crippen molar-refractivity contribution < 1.29 is 27.5 Å². The zero-order valence-corrected chi connectivity index (χ0v) is 21.2. The maximum atomic E-state index is 13.4. The Morgan fingerprint density at radius 1 is 0.941 bits per heavy atom. The normalized spacial score (nSPS) is 11.3. The second-order valence-corrected chi connectivity index (χ2v) is 10.2. The summed E-state index contributed by atoms with van der Waals surface area (Å²) in [6, 6.07) is 16.8. The quantitative estimate of drug-likeness (QED) is 0.394. The van der Waals surface area contributed by atoms with Crippen molar-refractivity contribution in [2.75, 3.05) is 20.8 Å². The predicted octanol–water partition coefficient (Wildman–Crippen LogP) is 3.97. The molecule has 3 aromatic rings. The molecule has 0 unspecified atom stereocenters. The van der Waals surface area contributed by atoms with Crippen molar-refractivity contribution in [1.29, 1.82) is 0 Å². The van der Waals surface area contributed by atoms with Gasteiger partial charge in [-0.05, 0) is 43.3 Å². The molecule has 0 aliphatic heterocycles. The summed E-state index contributed by atoms with van der Waals surface area (Å²) in [5.74, 6) is -1.42. The van der Waals surface area contributed by atoms with Gasteiger partial charge in [0.15, 0.2) is 0 Å². The lowest BCUT2D eigenvalue weighted by Gasteiger charge is -2.22. The molecule has 8 nitrogen and oxygen atoms in total. The number of esters is 2. The minimum atomic E-state index is -4.12. The first-order chi connectivity index (χ1) is 16.1. The van der Waals surface area contributed by atoms with E-state index in [2.05, 4.69) is 20.9 Å². The summed E-state index contributed by atoms with van der Waals surface area (Å²) < 4.78 is 38.2. The average Bonchev–Trinajstić information content (AvgIpc) is 2.83. The molecule has 34 heavy (non-hydrogen) atoms. The number of methoxy groups -OCH3 is 2. The Morgan fingerprint density at radius 3 is 2.18 bits per heavy atom. The van der Waals surface area contributed by atoms with E-state index in [-0.39, 0.29) is 22.7 Å². The summed E-state index contributed by atoms with van der Waals surface area (Å²) in [5, 5.41) is 0. The maximum Gasteiger partial charge on any atom is 0.339 e. The molecule has 1 heterocycles. The number of hydrogen-bond donors (Lipinski definition) is 0. The Labute approximate surface area is 206 Å². The van der Waals surface area contributed by atoms with Crippen molar-refractivity contribution in [3.05, 3.63) is 82.0 Å². The number of ether oxygens (including phenoxy) is 2. The topological polar surface area (TPSA) is 103 Å². The van der Waals surface area contributed by atoms with Gasteiger partial charge < -0.3 is 9.47 Å². The summed E-state index contributed by atoms with van der Waals surface area (Å²) in [6.07, 6.45) is 0. The van der Waals surface area contributed by atoms with Crippen LogP contribution in [0.25, 0.3) is 11.3 Å². The fourth-order valence-corrected chi connectivity index (χ4v) is 4.77. The molecular formula is C24H23BrN2O6S. The Hall–Kier alpha value is -3.08. The fraction of sp³-hybridized carbons (Fsp3) is 0.208. The van der Waals surface area contributed by atoms with Crippen LogP contribution in [-0.4, -0.2) is 50.4 Å². The number of aryl methyl sites for hydroxylation is 1. The van der Waals surface area contributed by atoms with E-state index in [4.69, 9.17) is 9.47 Å². The predicted molar refractivity (Wildman–Crippen MR) is 130 cm³/mol. The molecule has 0 fully saturated rings. The van der Waals surface area contributed by atoms with Gasteiger partial charge in [-0.25, -0.2) is 13.2 Å². The fourth-order valence-electron chi connectivity index (χ4n) is 3.16. The number of rotatable bonds is 8. The van der Waals surface area contributed by atoms with Gasteiger partial charge in [0.25, 0.3) is 0 Å². The van der Waals surface area contributed by atoms with Gasteiger partial charge in [0, 0.05) is 10.0 Å². The molecule has 0 amide bonds. The van der Waals surface area contributed by atoms with E-state index in [9.17, 15) is 18.0 Å². The van der Waals surface area contributed by atoms with Crippen LogP contribution in [0.3, 0.4) is 0 Å². The SMILES string of the molecule is COC(=O)CN(Cc1nc(-c2ccc(Br)cc2)ccc1C(=O)OC)S(=O)(=O)c1ccc(C)cc1. The van der Waals surface area contributed by atoms with Crippen molar-refractivity contribution in [3.63, 3.8) is 0 Å². The van der Waals surface area contributed by atoms with Crippen LogP contribution in [0.1, 0.15) is 21.6 Å². The van der Waals surface area contributed by atoms with Crippen LogP contribution in [0, 0.1) is 6.92 Å². The molecule has 0 radical (unpaired) electrons. The Balaban J connectivity index is 2.10. The lowest BCUT2D eigenvalue weighted by atomic mass is 10.1. The molecular weight excluding hydrogens is 524 g/mol. The molecule has 0 saturated heterocycles. The highest BCUT2D eigenvalue weighted by atomic mass is 79.9. The Kier molecular flexibility index (Phi) is 8.19. The molecule has 0 saturated carbocycles. The summed E-state index contributed by atoms with van der Waals surface area (Å²) in [5.41, 5.74) is 2.42. The van der Waals surface area contributed by atoms with E-state index in [1.54, 1.807) is 18.2 Å². The van der Waals surface area contributed by atoms with Gasteiger partial charge in [-0.15, -0.1) is 0 Å². The smallest absolute Gasteiger partial charge is 0.339 e. The van der Waals surface area contributed by atoms with Crippen LogP contribution >= 0.6 is 15.9 Å². The van der Waals surface area contributed by atoms with Gasteiger partial charge in [0.1, 0.15) is 6.54 Å². The minimum Gasteiger partial charge on any atom is -0.468 e. The second kappa shape index (κ2) is 10.9. The molecule has 178 valence electrons. The number of aromatic nitrogens is 1. The molecule has 0 aliphatic rings. The van der Waals surface area contributed by atoms with Crippen molar-refractivity contribution >= 4 is 37.9 Å². The lowest BCUT2D eigenvalue weighted by Crippen LogP contribution is -2.36. The highest BCUT2D eigenvalue weighted by molar-refractivity contribution is 9.10. The molecule has 0 aliphatic carbocycles. The molecule has 0 atom stereocenters. The molecule has 0 spiro atoms. The highest BCUT2D eigenvalue weighted by Gasteiger charge is 2.29. The lowest BCUT2D eigenvalue weighted by molar-refractivity contribution is -0.140. The first-order valence-corrected chi connectivity index (χ1v) is 12.4. The number of halogens is 1. The molecule has 0 N–H and O–H groups in total. The monoisotopic (exact) mass is 546 g/mol. The number of carbonyl (C=O) groups excluding carboxylic acids is 2. The van der Waals surface area contributed by atoms with Gasteiger partial charge in [-0.1, -0.05) is 45.8 Å². The standard InChI is InChI=1S/C24H23BrN2O6S/c1-16-4-10-19(11-5-16)34(30,31)27(15-23(28)32-2)14-22-20(24(29)33-3)12-13-21(26-22)17-6-8-18(25)9-7-17/h4-13H,14-15H2,1-3H3. The van der Waals surface area contributed by atoms with Gasteiger partial charge in [0.05, 0.1) is 42.6 Å². The van der Waals surface area contributed by atoms with Crippen LogP contribution in [0.4, 0.5) is 0 Å². The van der Waals surface area contributed by atoms with E-state index in [1.807, 2.05) is 31.2 Å². The van der Waals surface area contributed by atoms with Crippen molar-refractivity contribution in [1.82, 2.24) is 9.29 Å². The van der Waals surface area contributed by atoms with Crippen LogP contribution in [0.15, 0.2) is 70.0 Å². The summed E-state index contributed by atoms with van der Waals surface area (Å²) in [7, 11) is -1.72. The van der Waals surface area contributed by atoms with Gasteiger partial charge in [0.2, 0.25) is 10.0 Å². The molecule has 3 rings (SSSR count). The first-order valence-electron chi connectivity index (χ1n) is 10.1. The van der Waals surface area contributed by atoms with Crippen molar-refractivity contribution in [2.24, 2.45) is 0 Å². The zero-order chi connectivity index (χ0) is 24.9. The number of sulfonamides is 1. The van der Waals surface area contributed by atoms with E-state index in [1.165, 1.54) is 32.4 Å². The van der Waals surface area contributed by atoms with E-state index in [0.717, 1.165) is 19.9 Å². The summed E-state index contributed by atoms with van der Waals surface area (Å²) in [6.45, 7) is 0.931. The molecule has 0 bridgehead atoms. The van der Waals surface area contributed by atoms with E-state index >= 15 is 0 Å². The third-order valence-electron chi connectivity index (χ3n) is 5.04. The number of benzene rings is 2. The zero-order valence-electron chi connectivity index (χ0n) is 18.8. The van der Waals surface area contributed by atoms with Crippen molar-refractivity contribution in [3.8, 4) is 11.3 Å². The van der Waals surface area contributed by atoms with E-state index < -0.39 is 28.5 Å². The maximum absolute atomic E-state index is 13.4. The summed E-state index contributed by atoms with van der Waals surface area (Å²) >= 11 is 3.38. The van der Waals surface area contributed by atoms with Gasteiger partial charge in [-0.2, -0.15) is 4.31 Å². The average molecular weight is 547 g/mol. The second-order valence-electron chi connectivity index (χ2n) is 7.35. The summed E-state index contributed by atoms with van der Waals surface area (Å²) in [4.78, 5) is 29.1. The Morgan fingerprint density at radius 2 is 1.59 bits per heavy atom. The van der Waals surface area contributed by atoms with Crippen LogP contribution in [-0.2, 0) is 30.8 Å². The van der Waals surface area contributed by atoms with Crippen LogP contribution in [0.5, 0.6) is 0 Å². The molecule has 1 aromatic heterocycles. The third-order valence-corrected chi connectivity index (χ3v) is 7.37. The third kappa shape index (κ3) is 5.88. The molecule has 10 heteroatoms. The van der Waals surface area contributed by atoms with Gasteiger partial charge >= 0.3 is 11.9 Å². The molecule has 2 aromatic carbocycles.